The van der Waals surface area contributed by atoms with Crippen LogP contribution in [-0.2, 0) is 20.9 Å². The summed E-state index contributed by atoms with van der Waals surface area (Å²) in [6.07, 6.45) is 1.96. The summed E-state index contributed by atoms with van der Waals surface area (Å²) in [6.45, 7) is 0.886. The van der Waals surface area contributed by atoms with Crippen molar-refractivity contribution in [1.29, 1.82) is 0 Å². The van der Waals surface area contributed by atoms with Crippen molar-refractivity contribution in [3.63, 3.8) is 0 Å². The predicted octanol–water partition coefficient (Wildman–Crippen LogP) is 2.07. The lowest BCUT2D eigenvalue weighted by Gasteiger charge is -2.27. The van der Waals surface area contributed by atoms with Crippen LogP contribution >= 0.6 is 0 Å². The topological polar surface area (TPSA) is 183 Å². The lowest BCUT2D eigenvalue weighted by molar-refractivity contribution is -0.136. The van der Waals surface area contributed by atoms with Gasteiger partial charge in [0.1, 0.15) is 11.8 Å². The van der Waals surface area contributed by atoms with Gasteiger partial charge in [0.2, 0.25) is 11.8 Å². The van der Waals surface area contributed by atoms with Gasteiger partial charge in [-0.3, -0.25) is 43.8 Å². The summed E-state index contributed by atoms with van der Waals surface area (Å²) < 4.78 is 5.48. The van der Waals surface area contributed by atoms with Crippen LogP contribution in [0.5, 0.6) is 5.75 Å². The second-order valence-electron chi connectivity index (χ2n) is 12.3. The van der Waals surface area contributed by atoms with Gasteiger partial charge in [0.05, 0.1) is 16.8 Å². The molecule has 4 aliphatic rings. The summed E-state index contributed by atoms with van der Waals surface area (Å²) in [7, 11) is 0. The molecule has 7 amide bonds. The lowest BCUT2D eigenvalue weighted by Crippen LogP contribution is -2.54. The molecule has 1 aliphatic carbocycles. The molecule has 0 radical (unpaired) electrons. The molecule has 7 rings (SSSR count). The SMILES string of the molecule is O=C1CCC(N2C(=O)c3ccc(NCCNC(=O)c4ccc(CN(C(=O)c5ccc6c(c5)OCC(=O)N6)C5CC5)cc4)cc3C2=O)C(=O)N1. The van der Waals surface area contributed by atoms with E-state index >= 15 is 0 Å². The van der Waals surface area contributed by atoms with Crippen LogP contribution in [0.2, 0.25) is 0 Å². The van der Waals surface area contributed by atoms with Crippen LogP contribution in [0.15, 0.2) is 60.7 Å². The second kappa shape index (κ2) is 12.9. The minimum Gasteiger partial charge on any atom is -0.482 e. The average Bonchev–Trinajstić information content (AvgIpc) is 3.91. The molecule has 1 saturated heterocycles. The van der Waals surface area contributed by atoms with Crippen molar-refractivity contribution in [3.05, 3.63) is 88.5 Å². The molecular weight excluding hydrogens is 632 g/mol. The normalized spacial score (nSPS) is 18.2. The van der Waals surface area contributed by atoms with Crippen molar-refractivity contribution in [2.75, 3.05) is 30.3 Å². The van der Waals surface area contributed by atoms with Gasteiger partial charge in [0.15, 0.2) is 6.61 Å². The number of anilines is 2. The Morgan fingerprint density at radius 3 is 2.33 bits per heavy atom. The first-order chi connectivity index (χ1) is 23.7. The zero-order valence-electron chi connectivity index (χ0n) is 26.2. The van der Waals surface area contributed by atoms with Crippen molar-refractivity contribution in [2.24, 2.45) is 0 Å². The Morgan fingerprint density at radius 2 is 1.57 bits per heavy atom. The number of piperidine rings is 1. The maximum absolute atomic E-state index is 13.4. The maximum Gasteiger partial charge on any atom is 0.262 e. The van der Waals surface area contributed by atoms with E-state index in [0.717, 1.165) is 23.3 Å². The van der Waals surface area contributed by atoms with E-state index in [0.29, 0.717) is 41.3 Å². The Labute approximate surface area is 280 Å². The van der Waals surface area contributed by atoms with Crippen LogP contribution in [0.1, 0.15) is 72.7 Å². The zero-order valence-corrected chi connectivity index (χ0v) is 26.2. The van der Waals surface area contributed by atoms with E-state index in [-0.39, 0.29) is 60.9 Å². The molecule has 3 aromatic carbocycles. The van der Waals surface area contributed by atoms with Crippen LogP contribution in [0.3, 0.4) is 0 Å². The van der Waals surface area contributed by atoms with E-state index in [1.165, 1.54) is 12.1 Å². The number of nitrogens with zero attached hydrogens (tertiary/aromatic N) is 2. The average molecular weight is 665 g/mol. The third-order valence-corrected chi connectivity index (χ3v) is 8.86. The van der Waals surface area contributed by atoms with E-state index in [1.807, 2.05) is 17.0 Å². The van der Waals surface area contributed by atoms with Crippen LogP contribution in [0.4, 0.5) is 11.4 Å². The summed E-state index contributed by atoms with van der Waals surface area (Å²) in [6, 6.07) is 15.9. The summed E-state index contributed by atoms with van der Waals surface area (Å²) in [4.78, 5) is 90.3. The van der Waals surface area contributed by atoms with Gasteiger partial charge in [0.25, 0.3) is 29.5 Å². The monoisotopic (exact) mass is 664 g/mol. The Bertz CT molecular complexity index is 1920. The number of benzene rings is 3. The highest BCUT2D eigenvalue weighted by atomic mass is 16.5. The van der Waals surface area contributed by atoms with E-state index < -0.39 is 29.7 Å². The number of hydrogen-bond donors (Lipinski definition) is 4. The highest BCUT2D eigenvalue weighted by Gasteiger charge is 2.44. The molecule has 2 fully saturated rings. The summed E-state index contributed by atoms with van der Waals surface area (Å²) in [5.41, 5.74) is 3.25. The van der Waals surface area contributed by atoms with Gasteiger partial charge < -0.3 is 25.6 Å². The van der Waals surface area contributed by atoms with Gasteiger partial charge in [-0.2, -0.15) is 0 Å². The molecule has 3 heterocycles. The zero-order chi connectivity index (χ0) is 34.2. The predicted molar refractivity (Wildman–Crippen MR) is 174 cm³/mol. The number of fused-ring (bicyclic) bond motifs is 2. The summed E-state index contributed by atoms with van der Waals surface area (Å²) in [5.74, 6) is -2.46. The number of carbonyl (C=O) groups excluding carboxylic acids is 7. The Kier molecular flexibility index (Phi) is 8.28. The van der Waals surface area contributed by atoms with Crippen LogP contribution in [0, 0.1) is 0 Å². The first-order valence-corrected chi connectivity index (χ1v) is 16.0. The molecule has 3 aromatic rings. The molecule has 3 aliphatic heterocycles. The first-order valence-electron chi connectivity index (χ1n) is 16.0. The fourth-order valence-corrected chi connectivity index (χ4v) is 6.15. The molecule has 49 heavy (non-hydrogen) atoms. The molecule has 1 unspecified atom stereocenters. The first kappa shape index (κ1) is 31.5. The smallest absolute Gasteiger partial charge is 0.262 e. The Morgan fingerprint density at radius 1 is 0.816 bits per heavy atom. The molecule has 4 N–H and O–H groups in total. The van der Waals surface area contributed by atoms with Crippen LogP contribution in [-0.4, -0.2) is 82.9 Å². The number of amides is 7. The second-order valence-corrected chi connectivity index (χ2v) is 12.3. The number of imide groups is 2. The molecule has 14 nitrogen and oxygen atoms in total. The van der Waals surface area contributed by atoms with Gasteiger partial charge in [-0.05, 0) is 73.4 Å². The van der Waals surface area contributed by atoms with Gasteiger partial charge >= 0.3 is 0 Å². The van der Waals surface area contributed by atoms with Crippen molar-refractivity contribution < 1.29 is 38.3 Å². The van der Waals surface area contributed by atoms with E-state index in [2.05, 4.69) is 21.3 Å². The van der Waals surface area contributed by atoms with Gasteiger partial charge in [-0.1, -0.05) is 12.1 Å². The maximum atomic E-state index is 13.4. The molecule has 1 atom stereocenters. The minimum absolute atomic E-state index is 0.0452. The fourth-order valence-electron chi connectivity index (χ4n) is 6.15. The number of hydrogen-bond acceptors (Lipinski definition) is 9. The van der Waals surface area contributed by atoms with Crippen molar-refractivity contribution in [1.82, 2.24) is 20.4 Å². The molecule has 0 aromatic heterocycles. The summed E-state index contributed by atoms with van der Waals surface area (Å²) >= 11 is 0. The fraction of sp³-hybridized carbons (Fsp3) is 0.286. The third-order valence-electron chi connectivity index (χ3n) is 8.86. The molecule has 14 heteroatoms. The van der Waals surface area contributed by atoms with E-state index in [9.17, 15) is 33.6 Å². The lowest BCUT2D eigenvalue weighted by atomic mass is 10.0. The number of nitrogens with one attached hydrogen (secondary N) is 4. The van der Waals surface area contributed by atoms with Gasteiger partial charge in [-0.15, -0.1) is 0 Å². The molecule has 0 spiro atoms. The van der Waals surface area contributed by atoms with Crippen molar-refractivity contribution in [3.8, 4) is 5.75 Å². The standard InChI is InChI=1S/C35H32N6O8/c42-29-12-11-27(32(45)39-29)41-34(47)24-9-6-22(16-25(24)35(41)48)36-13-14-37-31(44)20-3-1-19(2-4-20)17-40(23-7-8-23)33(46)21-5-10-26-28(15-21)49-18-30(43)38-26/h1-6,9-10,15-16,23,27,36H,7-8,11-14,17-18H2,(H,37,44)(H,38,43)(H,39,42,45). The van der Waals surface area contributed by atoms with Crippen molar-refractivity contribution in [2.45, 2.75) is 44.3 Å². The highest BCUT2D eigenvalue weighted by Crippen LogP contribution is 2.33. The van der Waals surface area contributed by atoms with Gasteiger partial charge in [-0.25, -0.2) is 0 Å². The number of rotatable bonds is 10. The van der Waals surface area contributed by atoms with Crippen LogP contribution in [0.25, 0.3) is 0 Å². The van der Waals surface area contributed by atoms with Gasteiger partial charge in [0, 0.05) is 48.9 Å². The Balaban J connectivity index is 0.908. The number of carbonyl (C=O) groups is 7. The van der Waals surface area contributed by atoms with E-state index in [4.69, 9.17) is 4.74 Å². The quantitative estimate of drug-likeness (QED) is 0.186. The molecule has 250 valence electrons. The van der Waals surface area contributed by atoms with E-state index in [1.54, 1.807) is 36.4 Å². The molecule has 0 bridgehead atoms. The molecular formula is C35H32N6O8. The summed E-state index contributed by atoms with van der Waals surface area (Å²) in [5, 5.41) is 10.9. The highest BCUT2D eigenvalue weighted by molar-refractivity contribution is 6.23. The Hall–Kier alpha value is -6.05. The molecule has 1 saturated carbocycles. The van der Waals surface area contributed by atoms with Crippen molar-refractivity contribution >= 4 is 52.7 Å². The third kappa shape index (κ3) is 6.44. The minimum atomic E-state index is -1.03. The number of ether oxygens (including phenoxy) is 1. The largest absolute Gasteiger partial charge is 0.482 e. The van der Waals surface area contributed by atoms with Crippen LogP contribution < -0.4 is 26.0 Å².